The van der Waals surface area contributed by atoms with Gasteiger partial charge in [0.15, 0.2) is 0 Å². The van der Waals surface area contributed by atoms with Crippen molar-refractivity contribution in [1.29, 1.82) is 5.26 Å². The number of carbonyl (C=O) groups excluding carboxylic acids is 2. The third-order valence-corrected chi connectivity index (χ3v) is 7.87. The number of nitrogens with two attached hydrogens (primary N) is 1. The minimum Gasteiger partial charge on any atom is -0.369 e. The van der Waals surface area contributed by atoms with E-state index in [4.69, 9.17) is 17.3 Å². The van der Waals surface area contributed by atoms with Gasteiger partial charge in [-0.1, -0.05) is 17.7 Å². The van der Waals surface area contributed by atoms with E-state index in [9.17, 15) is 24.4 Å². The van der Waals surface area contributed by atoms with Crippen molar-refractivity contribution >= 4 is 40.1 Å². The van der Waals surface area contributed by atoms with Gasteiger partial charge in [-0.2, -0.15) is 5.26 Å². The van der Waals surface area contributed by atoms with Gasteiger partial charge in [0.2, 0.25) is 5.91 Å². The van der Waals surface area contributed by atoms with Gasteiger partial charge in [-0.05, 0) is 74.9 Å². The molecule has 2 unspecified atom stereocenters. The molecule has 1 aromatic heterocycles. The number of urea groups is 1. The van der Waals surface area contributed by atoms with Crippen molar-refractivity contribution in [3.8, 4) is 6.07 Å². The number of nitrogens with zero attached hydrogens (tertiary/aromatic N) is 4. The normalized spacial score (nSPS) is 18.9. The number of nitriles is 1. The molecule has 2 heterocycles. The number of carbonyl (C=O) groups is 2. The first kappa shape index (κ1) is 26.5. The van der Waals surface area contributed by atoms with Crippen LogP contribution in [0.5, 0.6) is 0 Å². The number of anilines is 1. The number of likely N-dealkylation sites (tertiary alicyclic amines) is 1. The second kappa shape index (κ2) is 10.2. The zero-order valence-electron chi connectivity index (χ0n) is 21.7. The van der Waals surface area contributed by atoms with Crippen LogP contribution < -0.4 is 22.3 Å². The minimum atomic E-state index is -0.671. The van der Waals surface area contributed by atoms with E-state index < -0.39 is 23.9 Å². The fourth-order valence-electron chi connectivity index (χ4n) is 5.41. The van der Waals surface area contributed by atoms with Crippen molar-refractivity contribution in [1.82, 2.24) is 14.0 Å². The number of fused-ring (bicyclic) bond motifs is 1. The highest BCUT2D eigenvalue weighted by atomic mass is 35.5. The van der Waals surface area contributed by atoms with E-state index >= 15 is 0 Å². The molecule has 5 rings (SSSR count). The van der Waals surface area contributed by atoms with E-state index in [1.807, 2.05) is 19.9 Å². The summed E-state index contributed by atoms with van der Waals surface area (Å²) < 4.78 is 2.90. The van der Waals surface area contributed by atoms with Crippen molar-refractivity contribution in [2.24, 2.45) is 17.6 Å². The Morgan fingerprint density at radius 2 is 1.90 bits per heavy atom. The molecule has 2 atom stereocenters. The van der Waals surface area contributed by atoms with Gasteiger partial charge in [0.1, 0.15) is 6.07 Å². The van der Waals surface area contributed by atoms with Gasteiger partial charge < -0.3 is 16.0 Å². The summed E-state index contributed by atoms with van der Waals surface area (Å²) in [4.78, 5) is 53.8. The lowest BCUT2D eigenvalue weighted by molar-refractivity contribution is -0.122. The summed E-state index contributed by atoms with van der Waals surface area (Å²) in [6.07, 6.45) is 2.36. The van der Waals surface area contributed by atoms with Crippen LogP contribution in [0.2, 0.25) is 5.02 Å². The summed E-state index contributed by atoms with van der Waals surface area (Å²) in [6, 6.07) is 10.4. The molecule has 0 bridgehead atoms. The third kappa shape index (κ3) is 4.90. The summed E-state index contributed by atoms with van der Waals surface area (Å²) in [7, 11) is 0. The lowest BCUT2D eigenvalue weighted by Gasteiger charge is -2.28. The van der Waals surface area contributed by atoms with Crippen LogP contribution in [0.4, 0.5) is 10.5 Å². The zero-order chi connectivity index (χ0) is 28.0. The first-order valence-corrected chi connectivity index (χ1v) is 13.3. The summed E-state index contributed by atoms with van der Waals surface area (Å²) >= 11 is 6.24. The van der Waals surface area contributed by atoms with E-state index in [-0.39, 0.29) is 34.4 Å². The fourth-order valence-corrected chi connectivity index (χ4v) is 5.64. The molecule has 2 fully saturated rings. The number of benzene rings is 2. The van der Waals surface area contributed by atoms with Crippen LogP contribution in [-0.2, 0) is 11.3 Å². The number of rotatable bonds is 6. The van der Waals surface area contributed by atoms with Crippen molar-refractivity contribution in [2.45, 2.75) is 51.7 Å². The molecule has 1 aliphatic heterocycles. The Kier molecular flexibility index (Phi) is 6.95. The second-order valence-corrected chi connectivity index (χ2v) is 11.0. The van der Waals surface area contributed by atoms with E-state index in [0.29, 0.717) is 41.0 Å². The van der Waals surface area contributed by atoms with Crippen LogP contribution in [0.3, 0.4) is 0 Å². The van der Waals surface area contributed by atoms with Crippen molar-refractivity contribution < 1.29 is 9.59 Å². The number of hydrogen-bond acceptors (Lipinski definition) is 5. The molecule has 2 aromatic carbocycles. The molecule has 0 spiro atoms. The molecule has 11 heteroatoms. The lowest BCUT2D eigenvalue weighted by atomic mass is 9.92. The Morgan fingerprint density at radius 3 is 2.51 bits per heavy atom. The average Bonchev–Trinajstić information content (AvgIpc) is 3.60. The van der Waals surface area contributed by atoms with E-state index in [2.05, 4.69) is 5.32 Å². The topological polar surface area (TPSA) is 143 Å². The van der Waals surface area contributed by atoms with Crippen LogP contribution in [0.15, 0.2) is 46.0 Å². The van der Waals surface area contributed by atoms with Crippen molar-refractivity contribution in [3.05, 3.63) is 73.4 Å². The highest BCUT2D eigenvalue weighted by molar-refractivity contribution is 6.31. The quantitative estimate of drug-likeness (QED) is 0.482. The van der Waals surface area contributed by atoms with E-state index in [0.717, 1.165) is 12.8 Å². The Bertz CT molecular complexity index is 1650. The van der Waals surface area contributed by atoms with Crippen molar-refractivity contribution in [3.63, 3.8) is 0 Å². The molecule has 2 aliphatic rings. The number of hydrogen-bond donors (Lipinski definition) is 2. The SMILES string of the molecule is CC(C)n1c(=O)n(CC2CC2)c(=O)c2cc(NC(=O)N3CCC(C(N)=O)C3c3ccc(C#N)c(Cl)c3)ccc21. The van der Waals surface area contributed by atoms with Gasteiger partial charge in [0.25, 0.3) is 5.56 Å². The maximum Gasteiger partial charge on any atom is 0.331 e. The number of halogens is 1. The van der Waals surface area contributed by atoms with E-state index in [1.54, 1.807) is 41.0 Å². The van der Waals surface area contributed by atoms with Gasteiger partial charge in [-0.15, -0.1) is 0 Å². The summed E-state index contributed by atoms with van der Waals surface area (Å²) in [6.45, 7) is 4.44. The molecule has 3 amide bonds. The summed E-state index contributed by atoms with van der Waals surface area (Å²) in [5, 5.41) is 12.6. The molecule has 0 radical (unpaired) electrons. The summed E-state index contributed by atoms with van der Waals surface area (Å²) in [5.41, 5.74) is 6.73. The van der Waals surface area contributed by atoms with Gasteiger partial charge >= 0.3 is 11.7 Å². The molecule has 1 saturated carbocycles. The van der Waals surface area contributed by atoms with E-state index in [1.165, 1.54) is 9.47 Å². The highest BCUT2D eigenvalue weighted by Crippen LogP contribution is 2.39. The molecule has 1 saturated heterocycles. The summed E-state index contributed by atoms with van der Waals surface area (Å²) in [5.74, 6) is -0.840. The predicted molar refractivity (Wildman–Crippen MR) is 148 cm³/mol. The van der Waals surface area contributed by atoms with Gasteiger partial charge in [-0.25, -0.2) is 9.59 Å². The molecule has 202 valence electrons. The molecule has 1 aliphatic carbocycles. The van der Waals surface area contributed by atoms with Crippen LogP contribution in [0, 0.1) is 23.2 Å². The minimum absolute atomic E-state index is 0.165. The first-order chi connectivity index (χ1) is 18.6. The molecular formula is C28H29ClN6O4. The monoisotopic (exact) mass is 548 g/mol. The molecular weight excluding hydrogens is 520 g/mol. The van der Waals surface area contributed by atoms with Gasteiger partial charge in [0, 0.05) is 24.8 Å². The largest absolute Gasteiger partial charge is 0.369 e. The highest BCUT2D eigenvalue weighted by Gasteiger charge is 2.41. The molecule has 3 N–H and O–H groups in total. The van der Waals surface area contributed by atoms with Crippen LogP contribution in [0.25, 0.3) is 10.9 Å². The average molecular weight is 549 g/mol. The molecule has 10 nitrogen and oxygen atoms in total. The van der Waals surface area contributed by atoms with Crippen LogP contribution in [-0.4, -0.2) is 32.5 Å². The zero-order valence-corrected chi connectivity index (χ0v) is 22.4. The fraction of sp³-hybridized carbons (Fsp3) is 0.393. The second-order valence-electron chi connectivity index (χ2n) is 10.6. The van der Waals surface area contributed by atoms with Crippen molar-refractivity contribution in [2.75, 3.05) is 11.9 Å². The lowest BCUT2D eigenvalue weighted by Crippen LogP contribution is -2.41. The maximum absolute atomic E-state index is 13.5. The number of nitrogens with one attached hydrogen (secondary N) is 1. The van der Waals surface area contributed by atoms with Crippen LogP contribution in [0.1, 0.15) is 56.3 Å². The maximum atomic E-state index is 13.5. The Morgan fingerprint density at radius 1 is 1.15 bits per heavy atom. The number of amides is 3. The number of primary amides is 1. The first-order valence-electron chi connectivity index (χ1n) is 13.0. The Hall–Kier alpha value is -4.10. The molecule has 3 aromatic rings. The van der Waals surface area contributed by atoms with Gasteiger partial charge in [-0.3, -0.25) is 18.7 Å². The van der Waals surface area contributed by atoms with Gasteiger partial charge in [0.05, 0.1) is 33.4 Å². The Balaban J connectivity index is 1.50. The Labute approximate surface area is 229 Å². The smallest absolute Gasteiger partial charge is 0.331 e. The third-order valence-electron chi connectivity index (χ3n) is 7.55. The molecule has 39 heavy (non-hydrogen) atoms. The number of aromatic nitrogens is 2. The standard InChI is InChI=1S/C28H29ClN6O4/c1-15(2)35-23-8-7-19(12-21(23)26(37)34(28(35)39)14-16-3-4-16)32-27(38)33-10-9-20(25(31)36)24(33)17-5-6-18(13-30)22(29)11-17/h5-8,11-12,15-16,20,24H,3-4,9-10,14H2,1-2H3,(H2,31,36)(H,32,38). The predicted octanol–water partition coefficient (Wildman–Crippen LogP) is 3.76. The van der Waals surface area contributed by atoms with Crippen LogP contribution >= 0.6 is 11.6 Å².